The van der Waals surface area contributed by atoms with Crippen LogP contribution in [-0.4, -0.2) is 54.2 Å². The van der Waals surface area contributed by atoms with Crippen molar-refractivity contribution in [2.45, 2.75) is 4.90 Å². The molecule has 0 amide bonds. The first-order chi connectivity index (χ1) is 16.8. The second-order valence-electron chi connectivity index (χ2n) is 7.99. The minimum atomic E-state index is -3.87. The van der Waals surface area contributed by atoms with Crippen LogP contribution in [0.5, 0.6) is 0 Å². The molecule has 1 aliphatic rings. The van der Waals surface area contributed by atoms with Crippen molar-refractivity contribution >= 4 is 50.1 Å². The maximum atomic E-state index is 14.5. The van der Waals surface area contributed by atoms with Crippen molar-refractivity contribution in [3.05, 3.63) is 54.5 Å². The van der Waals surface area contributed by atoms with E-state index in [2.05, 4.69) is 25.5 Å². The molecular formula is C22H23FN8O3S. The Labute approximate surface area is 200 Å². The van der Waals surface area contributed by atoms with Crippen molar-refractivity contribution in [1.82, 2.24) is 19.5 Å². The number of nitrogens with two attached hydrogens (primary N) is 1. The fraction of sp³-hybridized carbons (Fsp3) is 0.227. The Balaban J connectivity index is 1.39. The summed E-state index contributed by atoms with van der Waals surface area (Å²) in [5.74, 6) is 0.230. The molecule has 5 rings (SSSR count). The molecule has 35 heavy (non-hydrogen) atoms. The van der Waals surface area contributed by atoms with Gasteiger partial charge in [-0.1, -0.05) is 6.07 Å². The molecule has 2 aromatic heterocycles. The Hall–Kier alpha value is -3.81. The monoisotopic (exact) mass is 498 g/mol. The zero-order chi connectivity index (χ0) is 24.6. The average Bonchev–Trinajstić information content (AvgIpc) is 3.17. The number of hydrogen-bond donors (Lipinski definition) is 3. The van der Waals surface area contributed by atoms with E-state index in [4.69, 9.17) is 14.9 Å². The van der Waals surface area contributed by atoms with E-state index >= 15 is 0 Å². The second kappa shape index (κ2) is 9.09. The molecule has 1 saturated heterocycles. The SMILES string of the molecule is Cn1c(N2CCOCC2)nc2cc(Nc3nc(Nc4cccc(S(N)(=O)=O)c4)ncc3F)ccc21. The number of sulfonamides is 1. The van der Waals surface area contributed by atoms with Gasteiger partial charge >= 0.3 is 0 Å². The van der Waals surface area contributed by atoms with E-state index in [0.29, 0.717) is 24.6 Å². The van der Waals surface area contributed by atoms with Crippen molar-refractivity contribution in [2.75, 3.05) is 41.8 Å². The van der Waals surface area contributed by atoms with Gasteiger partial charge in [-0.15, -0.1) is 0 Å². The maximum Gasteiger partial charge on any atom is 0.238 e. The van der Waals surface area contributed by atoms with E-state index < -0.39 is 15.8 Å². The van der Waals surface area contributed by atoms with Crippen LogP contribution in [0.4, 0.5) is 33.5 Å². The van der Waals surface area contributed by atoms with Gasteiger partial charge in [-0.3, -0.25) is 0 Å². The smallest absolute Gasteiger partial charge is 0.238 e. The largest absolute Gasteiger partial charge is 0.378 e. The van der Waals surface area contributed by atoms with Gasteiger partial charge in [0.05, 0.1) is 35.3 Å². The van der Waals surface area contributed by atoms with Crippen LogP contribution in [0.25, 0.3) is 11.0 Å². The molecule has 3 heterocycles. The third-order valence-corrected chi connectivity index (χ3v) is 6.49. The molecule has 0 radical (unpaired) electrons. The second-order valence-corrected chi connectivity index (χ2v) is 9.55. The summed E-state index contributed by atoms with van der Waals surface area (Å²) in [4.78, 5) is 15.0. The molecule has 182 valence electrons. The Morgan fingerprint density at radius 1 is 1.06 bits per heavy atom. The van der Waals surface area contributed by atoms with Crippen molar-refractivity contribution < 1.29 is 17.5 Å². The third kappa shape index (κ3) is 4.87. The number of primary sulfonamides is 1. The molecule has 4 N–H and O–H groups in total. The van der Waals surface area contributed by atoms with Gasteiger partial charge in [-0.2, -0.15) is 4.98 Å². The number of hydrogen-bond acceptors (Lipinski definition) is 9. The number of rotatable bonds is 6. The quantitative estimate of drug-likeness (QED) is 0.366. The fourth-order valence-electron chi connectivity index (χ4n) is 3.84. The molecule has 1 aliphatic heterocycles. The highest BCUT2D eigenvalue weighted by atomic mass is 32.2. The molecule has 0 atom stereocenters. The number of ether oxygens (including phenoxy) is 1. The first-order valence-electron chi connectivity index (χ1n) is 10.8. The number of aromatic nitrogens is 4. The van der Waals surface area contributed by atoms with E-state index in [1.807, 2.05) is 29.8 Å². The van der Waals surface area contributed by atoms with Crippen molar-refractivity contribution in [2.24, 2.45) is 12.2 Å². The normalized spacial score (nSPS) is 14.3. The summed E-state index contributed by atoms with van der Waals surface area (Å²) in [6.45, 7) is 2.85. The number of nitrogens with one attached hydrogen (secondary N) is 2. The van der Waals surface area contributed by atoms with E-state index in [1.165, 1.54) is 18.2 Å². The van der Waals surface area contributed by atoms with E-state index in [0.717, 1.165) is 36.3 Å². The Kier molecular flexibility index (Phi) is 5.96. The zero-order valence-electron chi connectivity index (χ0n) is 18.8. The van der Waals surface area contributed by atoms with Crippen molar-refractivity contribution in [1.29, 1.82) is 0 Å². The minimum absolute atomic E-state index is 0.0474. The van der Waals surface area contributed by atoms with Crippen LogP contribution in [0.1, 0.15) is 0 Å². The highest BCUT2D eigenvalue weighted by Crippen LogP contribution is 2.27. The predicted molar refractivity (Wildman–Crippen MR) is 130 cm³/mol. The van der Waals surface area contributed by atoms with Crippen LogP contribution in [0, 0.1) is 5.82 Å². The van der Waals surface area contributed by atoms with Gasteiger partial charge in [0.2, 0.25) is 21.9 Å². The third-order valence-electron chi connectivity index (χ3n) is 5.58. The summed E-state index contributed by atoms with van der Waals surface area (Å²) in [5, 5.41) is 11.0. The highest BCUT2D eigenvalue weighted by Gasteiger charge is 2.18. The van der Waals surface area contributed by atoms with Crippen LogP contribution < -0.4 is 20.7 Å². The van der Waals surface area contributed by atoms with Gasteiger partial charge in [0.15, 0.2) is 11.6 Å². The lowest BCUT2D eigenvalue weighted by Gasteiger charge is -2.27. The van der Waals surface area contributed by atoms with Crippen LogP contribution in [0.15, 0.2) is 53.6 Å². The summed E-state index contributed by atoms with van der Waals surface area (Å²) in [6.07, 6.45) is 1.02. The van der Waals surface area contributed by atoms with E-state index in [1.54, 1.807) is 6.07 Å². The molecule has 0 bridgehead atoms. The molecule has 13 heteroatoms. The molecule has 0 aliphatic carbocycles. The first-order valence-corrected chi connectivity index (χ1v) is 12.3. The lowest BCUT2D eigenvalue weighted by Crippen LogP contribution is -2.37. The number of benzene rings is 2. The van der Waals surface area contributed by atoms with Crippen molar-refractivity contribution in [3.8, 4) is 0 Å². The van der Waals surface area contributed by atoms with Crippen LogP contribution in [0.2, 0.25) is 0 Å². The standard InChI is InChI=1S/C22H23FN8O3S/c1-30-19-6-5-15(12-18(19)28-22(30)31-7-9-34-10-8-31)26-20-17(23)13-25-21(29-20)27-14-3-2-4-16(11-14)35(24,32)33/h2-6,11-13H,7-10H2,1H3,(H2,24,32,33)(H2,25,26,27,29). The number of aryl methyl sites for hydroxylation is 1. The van der Waals surface area contributed by atoms with Gasteiger partial charge in [0, 0.05) is 31.5 Å². The minimum Gasteiger partial charge on any atom is -0.378 e. The van der Waals surface area contributed by atoms with Crippen LogP contribution in [-0.2, 0) is 21.8 Å². The van der Waals surface area contributed by atoms with E-state index in [9.17, 15) is 12.8 Å². The number of nitrogens with zero attached hydrogens (tertiary/aromatic N) is 5. The average molecular weight is 499 g/mol. The van der Waals surface area contributed by atoms with Crippen molar-refractivity contribution in [3.63, 3.8) is 0 Å². The van der Waals surface area contributed by atoms with Crippen LogP contribution >= 0.6 is 0 Å². The molecule has 1 fully saturated rings. The van der Waals surface area contributed by atoms with Crippen LogP contribution in [0.3, 0.4) is 0 Å². The van der Waals surface area contributed by atoms with Gasteiger partial charge in [-0.05, 0) is 36.4 Å². The molecule has 0 unspecified atom stereocenters. The molecule has 0 saturated carbocycles. The molecule has 0 spiro atoms. The Bertz CT molecular complexity index is 1500. The lowest BCUT2D eigenvalue weighted by atomic mass is 10.2. The van der Waals surface area contributed by atoms with Gasteiger partial charge in [-0.25, -0.2) is 27.9 Å². The number of morpholine rings is 1. The number of anilines is 5. The summed E-state index contributed by atoms with van der Waals surface area (Å²) in [5.41, 5.74) is 2.69. The fourth-order valence-corrected chi connectivity index (χ4v) is 4.40. The number of halogens is 1. The molecule has 11 nitrogen and oxygen atoms in total. The predicted octanol–water partition coefficient (Wildman–Crippen LogP) is 2.47. The molecule has 2 aromatic carbocycles. The Morgan fingerprint density at radius 2 is 1.83 bits per heavy atom. The molecule has 4 aromatic rings. The summed E-state index contributed by atoms with van der Waals surface area (Å²) in [6, 6.07) is 11.4. The topological polar surface area (TPSA) is 140 Å². The summed E-state index contributed by atoms with van der Waals surface area (Å²) < 4.78 is 45.1. The molecular weight excluding hydrogens is 475 g/mol. The maximum absolute atomic E-state index is 14.5. The zero-order valence-corrected chi connectivity index (χ0v) is 19.6. The number of fused-ring (bicyclic) bond motifs is 1. The summed E-state index contributed by atoms with van der Waals surface area (Å²) in [7, 11) is -1.91. The first kappa shape index (κ1) is 23.0. The summed E-state index contributed by atoms with van der Waals surface area (Å²) >= 11 is 0. The van der Waals surface area contributed by atoms with Gasteiger partial charge < -0.3 is 24.8 Å². The van der Waals surface area contributed by atoms with Gasteiger partial charge in [0.25, 0.3) is 0 Å². The van der Waals surface area contributed by atoms with Gasteiger partial charge in [0.1, 0.15) is 0 Å². The lowest BCUT2D eigenvalue weighted by molar-refractivity contribution is 0.122. The number of imidazole rings is 1. The van der Waals surface area contributed by atoms with E-state index in [-0.39, 0.29) is 16.7 Å². The Morgan fingerprint density at radius 3 is 2.60 bits per heavy atom. The highest BCUT2D eigenvalue weighted by molar-refractivity contribution is 7.89.